The van der Waals surface area contributed by atoms with E-state index < -0.39 is 12.1 Å². The largest absolute Gasteiger partial charge is 0.497 e. The predicted octanol–water partition coefficient (Wildman–Crippen LogP) is 2.31. The fourth-order valence-corrected chi connectivity index (χ4v) is 3.49. The summed E-state index contributed by atoms with van der Waals surface area (Å²) < 4.78 is 15.7. The van der Waals surface area contributed by atoms with Crippen molar-refractivity contribution in [2.24, 2.45) is 0 Å². The average molecular weight is 425 g/mol. The quantitative estimate of drug-likeness (QED) is 0.629. The average Bonchev–Trinajstić information content (AvgIpc) is 3.35. The van der Waals surface area contributed by atoms with Crippen LogP contribution in [0.3, 0.4) is 0 Å². The molecule has 162 valence electrons. The van der Waals surface area contributed by atoms with Gasteiger partial charge in [-0.3, -0.25) is 14.5 Å². The summed E-state index contributed by atoms with van der Waals surface area (Å²) in [5, 5.41) is 5.43. The minimum Gasteiger partial charge on any atom is -0.497 e. The number of hydrogen-bond acceptors (Lipinski definition) is 6. The maximum atomic E-state index is 12.6. The third kappa shape index (κ3) is 4.71. The van der Waals surface area contributed by atoms with Crippen molar-refractivity contribution in [3.8, 4) is 17.2 Å². The maximum absolute atomic E-state index is 12.6. The zero-order chi connectivity index (χ0) is 21.8. The first-order valence-electron chi connectivity index (χ1n) is 9.98. The van der Waals surface area contributed by atoms with E-state index in [2.05, 4.69) is 10.6 Å². The molecule has 9 heteroatoms. The van der Waals surface area contributed by atoms with Crippen LogP contribution in [0.5, 0.6) is 17.2 Å². The molecular formula is C22H23N3O6. The summed E-state index contributed by atoms with van der Waals surface area (Å²) in [6, 6.07) is 11.5. The van der Waals surface area contributed by atoms with Crippen molar-refractivity contribution >= 4 is 23.5 Å². The maximum Gasteiger partial charge on any atom is 0.324 e. The van der Waals surface area contributed by atoms with Crippen LogP contribution in [0.2, 0.25) is 0 Å². The number of nitrogens with one attached hydrogen (secondary N) is 2. The minimum atomic E-state index is -0.703. The first kappa shape index (κ1) is 20.5. The summed E-state index contributed by atoms with van der Waals surface area (Å²) in [6.07, 6.45) is 0.859. The molecule has 0 spiro atoms. The standard InChI is InChI=1S/C22H23N3O6/c1-29-16-5-2-14(3-6-16)10-11-25-21(27)17(24-22(25)28)7-9-20(26)23-15-4-8-18-19(12-15)31-13-30-18/h2-6,8,12,17H,7,9-11,13H2,1H3,(H,23,26)(H,24,28). The zero-order valence-electron chi connectivity index (χ0n) is 17.1. The summed E-state index contributed by atoms with van der Waals surface area (Å²) in [4.78, 5) is 38.3. The number of nitrogens with zero attached hydrogens (tertiary/aromatic N) is 1. The molecule has 0 aromatic heterocycles. The van der Waals surface area contributed by atoms with Gasteiger partial charge in [0.05, 0.1) is 7.11 Å². The van der Waals surface area contributed by atoms with Gasteiger partial charge >= 0.3 is 6.03 Å². The summed E-state index contributed by atoms with van der Waals surface area (Å²) in [5.74, 6) is 1.39. The Bertz CT molecular complexity index is 991. The Morgan fingerprint density at radius 3 is 2.71 bits per heavy atom. The van der Waals surface area contributed by atoms with Crippen LogP contribution in [0.15, 0.2) is 42.5 Å². The Morgan fingerprint density at radius 2 is 1.94 bits per heavy atom. The lowest BCUT2D eigenvalue weighted by molar-refractivity contribution is -0.127. The molecule has 31 heavy (non-hydrogen) atoms. The fourth-order valence-electron chi connectivity index (χ4n) is 3.49. The van der Waals surface area contributed by atoms with Gasteiger partial charge in [0.25, 0.3) is 5.91 Å². The number of benzene rings is 2. The molecular weight excluding hydrogens is 402 g/mol. The van der Waals surface area contributed by atoms with E-state index in [-0.39, 0.29) is 38.0 Å². The lowest BCUT2D eigenvalue weighted by Crippen LogP contribution is -2.33. The van der Waals surface area contributed by atoms with E-state index in [0.717, 1.165) is 11.3 Å². The molecule has 0 saturated carbocycles. The summed E-state index contributed by atoms with van der Waals surface area (Å²) in [7, 11) is 1.59. The Morgan fingerprint density at radius 1 is 1.16 bits per heavy atom. The number of anilines is 1. The Hall–Kier alpha value is -3.75. The number of carbonyl (C=O) groups excluding carboxylic acids is 3. The highest BCUT2D eigenvalue weighted by Crippen LogP contribution is 2.34. The monoisotopic (exact) mass is 425 g/mol. The first-order chi connectivity index (χ1) is 15.0. The van der Waals surface area contributed by atoms with Crippen LogP contribution in [-0.2, 0) is 16.0 Å². The summed E-state index contributed by atoms with van der Waals surface area (Å²) in [6.45, 7) is 0.433. The Kier molecular flexibility index (Phi) is 5.92. The van der Waals surface area contributed by atoms with Crippen LogP contribution < -0.4 is 24.8 Å². The van der Waals surface area contributed by atoms with Crippen molar-refractivity contribution in [2.45, 2.75) is 25.3 Å². The minimum absolute atomic E-state index is 0.0947. The fraction of sp³-hybridized carbons (Fsp3) is 0.318. The summed E-state index contributed by atoms with van der Waals surface area (Å²) >= 11 is 0. The highest BCUT2D eigenvalue weighted by Gasteiger charge is 2.37. The zero-order valence-corrected chi connectivity index (χ0v) is 17.1. The molecule has 0 radical (unpaired) electrons. The predicted molar refractivity (Wildman–Crippen MR) is 111 cm³/mol. The van der Waals surface area contributed by atoms with Crippen LogP contribution in [0.25, 0.3) is 0 Å². The third-order valence-electron chi connectivity index (χ3n) is 5.21. The third-order valence-corrected chi connectivity index (χ3v) is 5.21. The smallest absolute Gasteiger partial charge is 0.324 e. The highest BCUT2D eigenvalue weighted by atomic mass is 16.7. The van der Waals surface area contributed by atoms with E-state index >= 15 is 0 Å². The molecule has 2 aromatic rings. The molecule has 1 saturated heterocycles. The van der Waals surface area contributed by atoms with E-state index in [1.165, 1.54) is 4.90 Å². The van der Waals surface area contributed by atoms with Crippen LogP contribution in [-0.4, -0.2) is 49.2 Å². The molecule has 1 unspecified atom stereocenters. The number of fused-ring (bicyclic) bond motifs is 1. The van der Waals surface area contributed by atoms with Gasteiger partial charge in [-0.05, 0) is 42.7 Å². The molecule has 0 bridgehead atoms. The van der Waals surface area contributed by atoms with Crippen molar-refractivity contribution in [3.05, 3.63) is 48.0 Å². The molecule has 4 amide bonds. The van der Waals surface area contributed by atoms with Gasteiger partial charge in [-0.1, -0.05) is 12.1 Å². The van der Waals surface area contributed by atoms with Gasteiger partial charge in [-0.2, -0.15) is 0 Å². The second-order valence-corrected chi connectivity index (χ2v) is 7.24. The van der Waals surface area contributed by atoms with Gasteiger partial charge in [-0.15, -0.1) is 0 Å². The number of methoxy groups -OCH3 is 1. The topological polar surface area (TPSA) is 106 Å². The van der Waals surface area contributed by atoms with E-state index in [1.54, 1.807) is 25.3 Å². The van der Waals surface area contributed by atoms with Crippen molar-refractivity contribution in [1.29, 1.82) is 0 Å². The van der Waals surface area contributed by atoms with Crippen LogP contribution in [0.4, 0.5) is 10.5 Å². The first-order valence-corrected chi connectivity index (χ1v) is 9.98. The molecule has 2 N–H and O–H groups in total. The number of ether oxygens (including phenoxy) is 3. The van der Waals surface area contributed by atoms with Crippen molar-refractivity contribution in [1.82, 2.24) is 10.2 Å². The number of hydrogen-bond donors (Lipinski definition) is 2. The molecule has 2 aliphatic rings. The molecule has 9 nitrogen and oxygen atoms in total. The van der Waals surface area contributed by atoms with Gasteiger partial charge in [0.15, 0.2) is 11.5 Å². The van der Waals surface area contributed by atoms with Gasteiger partial charge < -0.3 is 24.8 Å². The van der Waals surface area contributed by atoms with E-state index in [1.807, 2.05) is 24.3 Å². The number of carbonyl (C=O) groups is 3. The highest BCUT2D eigenvalue weighted by molar-refractivity contribution is 6.04. The number of imide groups is 1. The van der Waals surface area contributed by atoms with Gasteiger partial charge in [0.2, 0.25) is 12.7 Å². The normalized spacial score (nSPS) is 16.9. The Balaban J connectivity index is 1.25. The number of urea groups is 1. The van der Waals surface area contributed by atoms with Crippen molar-refractivity contribution in [3.63, 3.8) is 0 Å². The molecule has 2 heterocycles. The van der Waals surface area contributed by atoms with Crippen LogP contribution in [0, 0.1) is 0 Å². The second-order valence-electron chi connectivity index (χ2n) is 7.24. The van der Waals surface area contributed by atoms with E-state index in [4.69, 9.17) is 14.2 Å². The molecule has 1 atom stereocenters. The number of amides is 4. The van der Waals surface area contributed by atoms with Gasteiger partial charge in [0, 0.05) is 24.7 Å². The van der Waals surface area contributed by atoms with Crippen LogP contribution in [0.1, 0.15) is 18.4 Å². The molecule has 2 aliphatic heterocycles. The second kappa shape index (κ2) is 8.95. The van der Waals surface area contributed by atoms with E-state index in [9.17, 15) is 14.4 Å². The van der Waals surface area contributed by atoms with Gasteiger partial charge in [-0.25, -0.2) is 4.79 Å². The van der Waals surface area contributed by atoms with Crippen LogP contribution >= 0.6 is 0 Å². The molecule has 1 fully saturated rings. The lowest BCUT2D eigenvalue weighted by atomic mass is 10.1. The Labute approximate surface area is 179 Å². The molecule has 2 aromatic carbocycles. The van der Waals surface area contributed by atoms with E-state index in [0.29, 0.717) is 23.6 Å². The molecule has 4 rings (SSSR count). The van der Waals surface area contributed by atoms with Crippen molar-refractivity contribution < 1.29 is 28.6 Å². The summed E-state index contributed by atoms with van der Waals surface area (Å²) in [5.41, 5.74) is 1.57. The van der Waals surface area contributed by atoms with Gasteiger partial charge in [0.1, 0.15) is 11.8 Å². The van der Waals surface area contributed by atoms with Crippen molar-refractivity contribution in [2.75, 3.05) is 25.8 Å². The SMILES string of the molecule is COc1ccc(CCN2C(=O)NC(CCC(=O)Nc3ccc4c(c3)OCO4)C2=O)cc1. The lowest BCUT2D eigenvalue weighted by Gasteiger charge is -2.13. The molecule has 0 aliphatic carbocycles. The number of rotatable bonds is 8.